The summed E-state index contributed by atoms with van der Waals surface area (Å²) < 4.78 is 5.56. The van der Waals surface area contributed by atoms with E-state index in [1.807, 2.05) is 42.5 Å². The Bertz CT molecular complexity index is 1050. The van der Waals surface area contributed by atoms with E-state index in [0.717, 1.165) is 30.8 Å². The molecule has 1 saturated heterocycles. The zero-order valence-corrected chi connectivity index (χ0v) is 18.6. The van der Waals surface area contributed by atoms with Crippen molar-refractivity contribution in [2.45, 2.75) is 29.6 Å². The molecule has 1 fully saturated rings. The van der Waals surface area contributed by atoms with Gasteiger partial charge in [0.15, 0.2) is 0 Å². The second-order valence-corrected chi connectivity index (χ2v) is 8.69. The predicted molar refractivity (Wildman–Crippen MR) is 128 cm³/mol. The van der Waals surface area contributed by atoms with E-state index in [2.05, 4.69) is 22.8 Å². The largest absolute Gasteiger partial charge is 0.376 e. The van der Waals surface area contributed by atoms with Crippen LogP contribution in [-0.2, 0) is 10.5 Å². The summed E-state index contributed by atoms with van der Waals surface area (Å²) in [5.41, 5.74) is 2.62. The highest BCUT2D eigenvalue weighted by molar-refractivity contribution is 7.98. The average Bonchev–Trinajstić information content (AvgIpc) is 3.36. The van der Waals surface area contributed by atoms with Crippen LogP contribution in [0.25, 0.3) is 0 Å². The minimum Gasteiger partial charge on any atom is -0.376 e. The number of thioether (sulfide) groups is 1. The van der Waals surface area contributed by atoms with E-state index in [9.17, 15) is 9.59 Å². The van der Waals surface area contributed by atoms with Crippen molar-refractivity contribution in [3.63, 3.8) is 0 Å². The summed E-state index contributed by atoms with van der Waals surface area (Å²) in [5, 5.41) is 5.79. The van der Waals surface area contributed by atoms with Crippen molar-refractivity contribution in [3.05, 3.63) is 95.6 Å². The van der Waals surface area contributed by atoms with Gasteiger partial charge in [0.05, 0.1) is 17.4 Å². The maximum atomic E-state index is 12.8. The molecule has 0 radical (unpaired) electrons. The molecule has 3 aromatic rings. The normalized spacial score (nSPS) is 15.3. The van der Waals surface area contributed by atoms with Gasteiger partial charge in [0.25, 0.3) is 11.8 Å². The van der Waals surface area contributed by atoms with E-state index in [1.54, 1.807) is 36.0 Å². The van der Waals surface area contributed by atoms with Crippen molar-refractivity contribution in [2.75, 3.05) is 18.5 Å². The van der Waals surface area contributed by atoms with Gasteiger partial charge in [-0.3, -0.25) is 9.59 Å². The van der Waals surface area contributed by atoms with E-state index in [0.29, 0.717) is 23.4 Å². The van der Waals surface area contributed by atoms with Crippen LogP contribution in [-0.4, -0.2) is 31.1 Å². The number of ether oxygens (including phenoxy) is 1. The molecule has 164 valence electrons. The van der Waals surface area contributed by atoms with Crippen LogP contribution in [0.15, 0.2) is 83.8 Å². The molecule has 1 aliphatic heterocycles. The van der Waals surface area contributed by atoms with Crippen LogP contribution < -0.4 is 10.6 Å². The van der Waals surface area contributed by atoms with Gasteiger partial charge in [0, 0.05) is 29.4 Å². The Morgan fingerprint density at radius 2 is 1.66 bits per heavy atom. The van der Waals surface area contributed by atoms with E-state index in [1.165, 1.54) is 4.90 Å². The van der Waals surface area contributed by atoms with Crippen LogP contribution >= 0.6 is 11.8 Å². The highest BCUT2D eigenvalue weighted by Crippen LogP contribution is 2.23. The quantitative estimate of drug-likeness (QED) is 0.470. The minimum absolute atomic E-state index is 0.0688. The molecule has 0 spiro atoms. The first-order valence-corrected chi connectivity index (χ1v) is 11.7. The summed E-state index contributed by atoms with van der Waals surface area (Å²) in [7, 11) is 0. The molecule has 5 nitrogen and oxygen atoms in total. The van der Waals surface area contributed by atoms with Gasteiger partial charge in [-0.15, -0.1) is 11.8 Å². The maximum Gasteiger partial charge on any atom is 0.255 e. The third-order valence-corrected chi connectivity index (χ3v) is 6.38. The molecule has 1 heterocycles. The van der Waals surface area contributed by atoms with E-state index in [-0.39, 0.29) is 17.9 Å². The average molecular weight is 447 g/mol. The van der Waals surface area contributed by atoms with Crippen molar-refractivity contribution in [2.24, 2.45) is 0 Å². The number of carbonyl (C=O) groups excluding carboxylic acids is 2. The van der Waals surface area contributed by atoms with E-state index >= 15 is 0 Å². The molecule has 3 aromatic carbocycles. The summed E-state index contributed by atoms with van der Waals surface area (Å²) in [6, 6.07) is 24.8. The highest BCUT2D eigenvalue weighted by atomic mass is 32.2. The number of carbonyl (C=O) groups is 2. The predicted octanol–water partition coefficient (Wildman–Crippen LogP) is 5.14. The Hall–Kier alpha value is -3.09. The van der Waals surface area contributed by atoms with Gasteiger partial charge in [0.2, 0.25) is 0 Å². The first-order chi connectivity index (χ1) is 15.7. The summed E-state index contributed by atoms with van der Waals surface area (Å²) in [6.45, 7) is 1.22. The molecule has 2 amide bonds. The Balaban J connectivity index is 1.35. The standard InChI is InChI=1S/C26H26N2O3S/c29-25(20-14-12-19(13-15-20)18-32-22-8-2-1-3-9-22)28-24-11-5-4-10-23(24)26(30)27-17-21-7-6-16-31-21/h1-5,8-15,21H,6-7,16-18H2,(H,27,30)(H,28,29)/t21-/m0/s1. The zero-order chi connectivity index (χ0) is 22.2. The number of para-hydroxylation sites is 1. The number of anilines is 1. The molecule has 0 aliphatic carbocycles. The second-order valence-electron chi connectivity index (χ2n) is 7.64. The molecule has 0 aromatic heterocycles. The smallest absolute Gasteiger partial charge is 0.255 e. The van der Waals surface area contributed by atoms with Gasteiger partial charge in [-0.1, -0.05) is 42.5 Å². The molecule has 2 N–H and O–H groups in total. The van der Waals surface area contributed by atoms with Gasteiger partial charge in [-0.05, 0) is 54.8 Å². The fraction of sp³-hybridized carbons (Fsp3) is 0.231. The molecule has 1 aliphatic rings. The fourth-order valence-corrected chi connectivity index (χ4v) is 4.40. The van der Waals surface area contributed by atoms with Crippen molar-refractivity contribution >= 4 is 29.3 Å². The SMILES string of the molecule is O=C(Nc1ccccc1C(=O)NC[C@@H]1CCCO1)c1ccc(CSc2ccccc2)cc1. The zero-order valence-electron chi connectivity index (χ0n) is 17.8. The van der Waals surface area contributed by atoms with Gasteiger partial charge in [0.1, 0.15) is 0 Å². The maximum absolute atomic E-state index is 12.8. The third-order valence-electron chi connectivity index (χ3n) is 5.30. The molecular formula is C26H26N2O3S. The molecule has 4 rings (SSSR count). The van der Waals surface area contributed by atoms with Crippen molar-refractivity contribution < 1.29 is 14.3 Å². The summed E-state index contributed by atoms with van der Waals surface area (Å²) >= 11 is 1.76. The number of hydrogen-bond acceptors (Lipinski definition) is 4. The minimum atomic E-state index is -0.244. The lowest BCUT2D eigenvalue weighted by Gasteiger charge is -2.14. The number of hydrogen-bond donors (Lipinski definition) is 2. The van der Waals surface area contributed by atoms with Crippen molar-refractivity contribution in [1.82, 2.24) is 5.32 Å². The summed E-state index contributed by atoms with van der Waals surface area (Å²) in [6.07, 6.45) is 2.05. The summed E-state index contributed by atoms with van der Waals surface area (Å²) in [4.78, 5) is 26.6. The molecule has 6 heteroatoms. The third kappa shape index (κ3) is 5.99. The van der Waals surface area contributed by atoms with Crippen LogP contribution in [0.4, 0.5) is 5.69 Å². The van der Waals surface area contributed by atoms with E-state index < -0.39 is 0 Å². The number of benzene rings is 3. The van der Waals surface area contributed by atoms with Gasteiger partial charge in [-0.25, -0.2) is 0 Å². The molecular weight excluding hydrogens is 420 g/mol. The van der Waals surface area contributed by atoms with Crippen LogP contribution in [0, 0.1) is 0 Å². The van der Waals surface area contributed by atoms with Gasteiger partial charge >= 0.3 is 0 Å². The van der Waals surface area contributed by atoms with Crippen LogP contribution in [0.1, 0.15) is 39.1 Å². The Labute approximate surface area is 192 Å². The van der Waals surface area contributed by atoms with Gasteiger partial charge < -0.3 is 15.4 Å². The highest BCUT2D eigenvalue weighted by Gasteiger charge is 2.18. The van der Waals surface area contributed by atoms with Crippen molar-refractivity contribution in [3.8, 4) is 0 Å². The fourth-order valence-electron chi connectivity index (χ4n) is 3.53. The number of nitrogens with one attached hydrogen (secondary N) is 2. The molecule has 0 saturated carbocycles. The second kappa shape index (κ2) is 11.0. The lowest BCUT2D eigenvalue weighted by Crippen LogP contribution is -2.32. The molecule has 32 heavy (non-hydrogen) atoms. The lowest BCUT2D eigenvalue weighted by atomic mass is 10.1. The monoisotopic (exact) mass is 446 g/mol. The Morgan fingerprint density at radius 1 is 0.906 bits per heavy atom. The van der Waals surface area contributed by atoms with Gasteiger partial charge in [-0.2, -0.15) is 0 Å². The Morgan fingerprint density at radius 3 is 2.41 bits per heavy atom. The van der Waals surface area contributed by atoms with Crippen LogP contribution in [0.3, 0.4) is 0 Å². The topological polar surface area (TPSA) is 67.4 Å². The lowest BCUT2D eigenvalue weighted by molar-refractivity contribution is 0.0858. The van der Waals surface area contributed by atoms with Crippen LogP contribution in [0.5, 0.6) is 0 Å². The van der Waals surface area contributed by atoms with E-state index in [4.69, 9.17) is 4.74 Å². The summed E-state index contributed by atoms with van der Waals surface area (Å²) in [5.74, 6) is 0.371. The number of amides is 2. The molecule has 0 bridgehead atoms. The van der Waals surface area contributed by atoms with Crippen molar-refractivity contribution in [1.29, 1.82) is 0 Å². The number of rotatable bonds is 8. The van der Waals surface area contributed by atoms with Crippen LogP contribution in [0.2, 0.25) is 0 Å². The Kier molecular flexibility index (Phi) is 7.59. The first kappa shape index (κ1) is 22.1. The molecule has 1 atom stereocenters. The first-order valence-electron chi connectivity index (χ1n) is 10.8. The molecule has 0 unspecified atom stereocenters.